The number of sulfonamides is 1. The van der Waals surface area contributed by atoms with Crippen LogP contribution in [0.2, 0.25) is 0 Å². The number of hydrogen-bond acceptors (Lipinski definition) is 7. The van der Waals surface area contributed by atoms with E-state index in [0.717, 1.165) is 11.3 Å². The molecule has 1 aliphatic rings. The number of amides is 1. The van der Waals surface area contributed by atoms with Crippen LogP contribution in [0.3, 0.4) is 0 Å². The average molecular weight is 519 g/mol. The predicted molar refractivity (Wildman–Crippen MR) is 136 cm³/mol. The van der Waals surface area contributed by atoms with Crippen LogP contribution < -0.4 is 14.4 Å². The van der Waals surface area contributed by atoms with Gasteiger partial charge in [-0.2, -0.15) is 0 Å². The topological polar surface area (TPSA) is 102 Å². The molecular formula is C25H30N2O6S2. The minimum Gasteiger partial charge on any atom is -0.494 e. The van der Waals surface area contributed by atoms with Gasteiger partial charge in [0.25, 0.3) is 15.9 Å². The Kier molecular flexibility index (Phi) is 8.74. The van der Waals surface area contributed by atoms with Crippen molar-refractivity contribution >= 4 is 38.9 Å². The number of benzene rings is 1. The van der Waals surface area contributed by atoms with Gasteiger partial charge in [0.15, 0.2) is 0 Å². The molecule has 1 aromatic carbocycles. The first-order chi connectivity index (χ1) is 16.7. The molecule has 1 N–H and O–H groups in total. The highest BCUT2D eigenvalue weighted by atomic mass is 32.2. The second kappa shape index (κ2) is 11.5. The van der Waals surface area contributed by atoms with E-state index < -0.39 is 34.0 Å². The molecule has 1 aromatic heterocycles. The van der Waals surface area contributed by atoms with Crippen LogP contribution in [-0.4, -0.2) is 45.6 Å². The summed E-state index contributed by atoms with van der Waals surface area (Å²) in [7, 11) is -4.04. The standard InChI is InChI=1S/C25H30N2O6S2/c1-5-32-21-12-10-20(11-13-21)27(17(3)4)35(30,31)22-14-15-34-23(22)24(28)26-19-9-7-8-18(16-19)25(29)33-6-2/h7-8,10-17,19H,5-6,9H2,1-4H3,(H,26,28). The molecule has 1 amide bonds. The summed E-state index contributed by atoms with van der Waals surface area (Å²) in [5, 5.41) is 4.41. The van der Waals surface area contributed by atoms with Crippen molar-refractivity contribution in [3.63, 3.8) is 0 Å². The summed E-state index contributed by atoms with van der Waals surface area (Å²) in [5.41, 5.74) is 0.823. The zero-order valence-corrected chi connectivity index (χ0v) is 21.8. The van der Waals surface area contributed by atoms with Crippen molar-refractivity contribution in [2.24, 2.45) is 0 Å². The molecule has 1 aliphatic carbocycles. The summed E-state index contributed by atoms with van der Waals surface area (Å²) < 4.78 is 39.2. The predicted octanol–water partition coefficient (Wildman–Crippen LogP) is 4.30. The van der Waals surface area contributed by atoms with Gasteiger partial charge in [0.2, 0.25) is 0 Å². The van der Waals surface area contributed by atoms with Crippen LogP contribution in [0.4, 0.5) is 5.69 Å². The van der Waals surface area contributed by atoms with Gasteiger partial charge in [-0.1, -0.05) is 12.2 Å². The second-order valence-electron chi connectivity index (χ2n) is 8.00. The Morgan fingerprint density at radius 2 is 1.86 bits per heavy atom. The lowest BCUT2D eigenvalue weighted by atomic mass is 10.0. The van der Waals surface area contributed by atoms with E-state index in [0.29, 0.717) is 30.0 Å². The van der Waals surface area contributed by atoms with Gasteiger partial charge in [0.05, 0.1) is 30.5 Å². The number of anilines is 1. The molecule has 0 spiro atoms. The maximum atomic E-state index is 13.7. The zero-order chi connectivity index (χ0) is 25.6. The molecule has 0 aliphatic heterocycles. The van der Waals surface area contributed by atoms with E-state index >= 15 is 0 Å². The third-order valence-corrected chi connectivity index (χ3v) is 8.23. The Bertz CT molecular complexity index is 1210. The van der Waals surface area contributed by atoms with Crippen molar-refractivity contribution in [3.8, 4) is 5.75 Å². The highest BCUT2D eigenvalue weighted by molar-refractivity contribution is 7.93. The molecule has 1 unspecified atom stereocenters. The molecule has 0 fully saturated rings. The number of carbonyl (C=O) groups is 2. The molecule has 8 nitrogen and oxygen atoms in total. The van der Waals surface area contributed by atoms with Crippen molar-refractivity contribution < 1.29 is 27.5 Å². The largest absolute Gasteiger partial charge is 0.494 e. The SMILES string of the molecule is CCOC(=O)C1=CC(NC(=O)c2sccc2S(=O)(=O)N(c2ccc(OCC)cc2)C(C)C)CC=C1. The van der Waals surface area contributed by atoms with Crippen LogP contribution in [0.25, 0.3) is 0 Å². The molecule has 3 rings (SSSR count). The van der Waals surface area contributed by atoms with E-state index in [4.69, 9.17) is 9.47 Å². The summed E-state index contributed by atoms with van der Waals surface area (Å²) in [6, 6.07) is 7.39. The minimum atomic E-state index is -4.04. The molecule has 2 aromatic rings. The number of thiophene rings is 1. The number of nitrogens with zero attached hydrogens (tertiary/aromatic N) is 1. The molecule has 0 saturated carbocycles. The summed E-state index contributed by atoms with van der Waals surface area (Å²) in [5.74, 6) is -0.344. The molecule has 1 atom stereocenters. The zero-order valence-electron chi connectivity index (χ0n) is 20.2. The number of rotatable bonds is 10. The van der Waals surface area contributed by atoms with Gasteiger partial charge in [-0.25, -0.2) is 13.2 Å². The van der Waals surface area contributed by atoms with Gasteiger partial charge < -0.3 is 14.8 Å². The minimum absolute atomic E-state index is 0.0662. The molecule has 1 heterocycles. The fraction of sp³-hybridized carbons (Fsp3) is 0.360. The van der Waals surface area contributed by atoms with Crippen LogP contribution in [0.5, 0.6) is 5.75 Å². The maximum Gasteiger partial charge on any atom is 0.337 e. The molecule has 0 saturated heterocycles. The number of ether oxygens (including phenoxy) is 2. The van der Waals surface area contributed by atoms with Crippen molar-refractivity contribution in [2.45, 2.75) is 51.1 Å². The number of esters is 1. The molecule has 188 valence electrons. The molecule has 0 bridgehead atoms. The van der Waals surface area contributed by atoms with Crippen LogP contribution >= 0.6 is 11.3 Å². The third-order valence-electron chi connectivity index (χ3n) is 5.14. The normalized spacial score (nSPS) is 15.5. The Labute approximate surface area is 210 Å². The Balaban J connectivity index is 1.86. The average Bonchev–Trinajstić information content (AvgIpc) is 3.32. The van der Waals surface area contributed by atoms with Crippen molar-refractivity contribution in [1.29, 1.82) is 0 Å². The maximum absolute atomic E-state index is 13.7. The smallest absolute Gasteiger partial charge is 0.337 e. The summed E-state index contributed by atoms with van der Waals surface area (Å²) in [6.45, 7) is 7.90. The van der Waals surface area contributed by atoms with E-state index in [1.165, 1.54) is 10.4 Å². The summed E-state index contributed by atoms with van der Waals surface area (Å²) in [6.07, 6.45) is 5.53. The van der Waals surface area contributed by atoms with Gasteiger partial charge in [0.1, 0.15) is 15.5 Å². The molecular weight excluding hydrogens is 488 g/mol. The van der Waals surface area contributed by atoms with Gasteiger partial charge in [-0.05, 0) is 75.9 Å². The first kappa shape index (κ1) is 26.5. The number of nitrogens with one attached hydrogen (secondary N) is 1. The lowest BCUT2D eigenvalue weighted by molar-refractivity contribution is -0.138. The van der Waals surface area contributed by atoms with Crippen LogP contribution in [0.1, 0.15) is 43.8 Å². The van der Waals surface area contributed by atoms with E-state index in [9.17, 15) is 18.0 Å². The Morgan fingerprint density at radius 1 is 1.14 bits per heavy atom. The van der Waals surface area contributed by atoms with E-state index in [1.54, 1.807) is 68.6 Å². The fourth-order valence-electron chi connectivity index (χ4n) is 3.71. The van der Waals surface area contributed by atoms with Crippen molar-refractivity contribution in [1.82, 2.24) is 5.32 Å². The highest BCUT2D eigenvalue weighted by Gasteiger charge is 2.33. The van der Waals surface area contributed by atoms with Gasteiger partial charge in [-0.3, -0.25) is 9.10 Å². The number of carbonyl (C=O) groups excluding carboxylic acids is 2. The number of hydrogen-bond donors (Lipinski definition) is 1. The van der Waals surface area contributed by atoms with E-state index in [2.05, 4.69) is 5.32 Å². The first-order valence-electron chi connectivity index (χ1n) is 11.4. The summed E-state index contributed by atoms with van der Waals surface area (Å²) in [4.78, 5) is 25.2. The quantitative estimate of drug-likeness (QED) is 0.471. The molecule has 10 heteroatoms. The third kappa shape index (κ3) is 6.12. The van der Waals surface area contributed by atoms with E-state index in [-0.39, 0.29) is 16.4 Å². The monoisotopic (exact) mass is 518 g/mol. The van der Waals surface area contributed by atoms with Gasteiger partial charge in [0, 0.05) is 6.04 Å². The van der Waals surface area contributed by atoms with Crippen molar-refractivity contribution in [2.75, 3.05) is 17.5 Å². The second-order valence-corrected chi connectivity index (χ2v) is 10.7. The Hall–Kier alpha value is -3.11. The fourth-order valence-corrected chi connectivity index (χ4v) is 6.68. The van der Waals surface area contributed by atoms with E-state index in [1.807, 2.05) is 6.92 Å². The van der Waals surface area contributed by atoms with Gasteiger partial charge >= 0.3 is 5.97 Å². The van der Waals surface area contributed by atoms with Gasteiger partial charge in [-0.15, -0.1) is 11.3 Å². The van der Waals surface area contributed by atoms with Crippen LogP contribution in [0.15, 0.2) is 64.4 Å². The molecule has 0 radical (unpaired) electrons. The van der Waals surface area contributed by atoms with Crippen molar-refractivity contribution in [3.05, 3.63) is 64.4 Å². The van der Waals surface area contributed by atoms with Crippen LogP contribution in [0, 0.1) is 0 Å². The first-order valence-corrected chi connectivity index (χ1v) is 13.7. The molecule has 35 heavy (non-hydrogen) atoms. The highest BCUT2D eigenvalue weighted by Crippen LogP contribution is 2.32. The Morgan fingerprint density at radius 3 is 2.49 bits per heavy atom. The lowest BCUT2D eigenvalue weighted by Gasteiger charge is -2.28. The summed E-state index contributed by atoms with van der Waals surface area (Å²) >= 11 is 1.05. The lowest BCUT2D eigenvalue weighted by Crippen LogP contribution is -2.39. The van der Waals surface area contributed by atoms with Crippen LogP contribution in [-0.2, 0) is 19.6 Å².